The van der Waals surface area contributed by atoms with E-state index in [0.29, 0.717) is 30.3 Å². The van der Waals surface area contributed by atoms with E-state index < -0.39 is 0 Å². The van der Waals surface area contributed by atoms with Gasteiger partial charge in [0.25, 0.3) is 5.91 Å². The average molecular weight is 315 g/mol. The fourth-order valence-electron chi connectivity index (χ4n) is 1.90. The molecule has 5 N–H and O–H groups in total. The van der Waals surface area contributed by atoms with Gasteiger partial charge in [-0.25, -0.2) is 0 Å². The first kappa shape index (κ1) is 16.5. The highest BCUT2D eigenvalue weighted by Gasteiger charge is 2.05. The molecule has 2 aromatic heterocycles. The summed E-state index contributed by atoms with van der Waals surface area (Å²) in [5.41, 5.74) is 6.26. The third-order valence-corrected chi connectivity index (χ3v) is 2.84. The molecule has 8 heteroatoms. The number of hydrogen-bond acceptors (Lipinski definition) is 7. The monoisotopic (exact) mass is 315 g/mol. The SMILES string of the molecule is CC(C)Nc1cc(NCCNC(=O)c2ccncc2)nc(N)n1. The Balaban J connectivity index is 1.82. The molecule has 1 amide bonds. The van der Waals surface area contributed by atoms with Gasteiger partial charge in [0.05, 0.1) is 0 Å². The quantitative estimate of drug-likeness (QED) is 0.565. The number of carbonyl (C=O) groups is 1. The molecule has 23 heavy (non-hydrogen) atoms. The summed E-state index contributed by atoms with van der Waals surface area (Å²) in [6.07, 6.45) is 3.17. The minimum Gasteiger partial charge on any atom is -0.368 e. The number of hydrogen-bond donors (Lipinski definition) is 4. The van der Waals surface area contributed by atoms with Gasteiger partial charge in [0.15, 0.2) is 0 Å². The summed E-state index contributed by atoms with van der Waals surface area (Å²) in [5.74, 6) is 1.33. The average Bonchev–Trinajstić information content (AvgIpc) is 2.51. The maximum Gasteiger partial charge on any atom is 0.251 e. The minimum absolute atomic E-state index is 0.140. The topological polar surface area (TPSA) is 118 Å². The van der Waals surface area contributed by atoms with Crippen LogP contribution in [0.25, 0.3) is 0 Å². The molecule has 0 radical (unpaired) electrons. The zero-order chi connectivity index (χ0) is 16.7. The number of aromatic nitrogens is 3. The fourth-order valence-corrected chi connectivity index (χ4v) is 1.90. The van der Waals surface area contributed by atoms with Crippen molar-refractivity contribution in [3.63, 3.8) is 0 Å². The molecule has 0 atom stereocenters. The molecule has 0 spiro atoms. The van der Waals surface area contributed by atoms with Gasteiger partial charge in [-0.2, -0.15) is 9.97 Å². The lowest BCUT2D eigenvalue weighted by Gasteiger charge is -2.12. The lowest BCUT2D eigenvalue weighted by atomic mass is 10.2. The maximum absolute atomic E-state index is 11.9. The van der Waals surface area contributed by atoms with Crippen molar-refractivity contribution in [3.8, 4) is 0 Å². The zero-order valence-corrected chi connectivity index (χ0v) is 13.2. The number of nitrogens with one attached hydrogen (secondary N) is 3. The standard InChI is InChI=1S/C15H21N7O/c1-10(2)20-13-9-12(21-15(16)22-13)18-7-8-19-14(23)11-3-5-17-6-4-11/h3-6,9-10H,7-8H2,1-2H3,(H,19,23)(H4,16,18,20,21,22). The van der Waals surface area contributed by atoms with Gasteiger partial charge in [-0.15, -0.1) is 0 Å². The van der Waals surface area contributed by atoms with Crippen molar-refractivity contribution in [1.29, 1.82) is 0 Å². The Morgan fingerprint density at radius 2 is 1.87 bits per heavy atom. The molecule has 0 saturated heterocycles. The van der Waals surface area contributed by atoms with Crippen molar-refractivity contribution >= 4 is 23.5 Å². The number of pyridine rings is 1. The van der Waals surface area contributed by atoms with E-state index in [-0.39, 0.29) is 17.9 Å². The van der Waals surface area contributed by atoms with Gasteiger partial charge in [0.1, 0.15) is 11.6 Å². The highest BCUT2D eigenvalue weighted by molar-refractivity contribution is 5.93. The van der Waals surface area contributed by atoms with Gasteiger partial charge in [0, 0.05) is 43.2 Å². The predicted molar refractivity (Wildman–Crippen MR) is 90.3 cm³/mol. The van der Waals surface area contributed by atoms with Crippen LogP contribution >= 0.6 is 0 Å². The van der Waals surface area contributed by atoms with Gasteiger partial charge in [-0.05, 0) is 26.0 Å². The Labute approximate surface area is 134 Å². The van der Waals surface area contributed by atoms with Crippen LogP contribution in [0.1, 0.15) is 24.2 Å². The summed E-state index contributed by atoms with van der Waals surface area (Å²) < 4.78 is 0. The van der Waals surface area contributed by atoms with Crippen molar-refractivity contribution in [2.75, 3.05) is 29.5 Å². The van der Waals surface area contributed by atoms with E-state index in [0.717, 1.165) is 0 Å². The molecule has 0 aliphatic heterocycles. The number of nitrogens with two attached hydrogens (primary N) is 1. The normalized spacial score (nSPS) is 10.4. The van der Waals surface area contributed by atoms with E-state index in [1.165, 1.54) is 0 Å². The molecule has 2 aromatic rings. The summed E-state index contributed by atoms with van der Waals surface area (Å²) in [7, 11) is 0. The Morgan fingerprint density at radius 1 is 1.17 bits per heavy atom. The van der Waals surface area contributed by atoms with Gasteiger partial charge in [-0.1, -0.05) is 0 Å². The number of rotatable bonds is 7. The summed E-state index contributed by atoms with van der Waals surface area (Å²) >= 11 is 0. The molecule has 0 aliphatic carbocycles. The second-order valence-corrected chi connectivity index (χ2v) is 5.21. The Bertz CT molecular complexity index is 646. The van der Waals surface area contributed by atoms with Crippen LogP contribution in [0.15, 0.2) is 30.6 Å². The van der Waals surface area contributed by atoms with Gasteiger partial charge in [-0.3, -0.25) is 9.78 Å². The third kappa shape index (κ3) is 5.42. The summed E-state index contributed by atoms with van der Waals surface area (Å²) in [6, 6.07) is 5.35. The number of carbonyl (C=O) groups excluding carboxylic acids is 1. The highest BCUT2D eigenvalue weighted by Crippen LogP contribution is 2.12. The van der Waals surface area contributed by atoms with E-state index in [1.54, 1.807) is 30.6 Å². The van der Waals surface area contributed by atoms with Crippen molar-refractivity contribution < 1.29 is 4.79 Å². The molecule has 0 fully saturated rings. The van der Waals surface area contributed by atoms with Crippen LogP contribution in [0.3, 0.4) is 0 Å². The van der Waals surface area contributed by atoms with Crippen LogP contribution in [0, 0.1) is 0 Å². The van der Waals surface area contributed by atoms with E-state index in [9.17, 15) is 4.79 Å². The lowest BCUT2D eigenvalue weighted by Crippen LogP contribution is -2.29. The molecule has 0 unspecified atom stereocenters. The molecule has 0 aromatic carbocycles. The van der Waals surface area contributed by atoms with Crippen LogP contribution in [-0.4, -0.2) is 40.0 Å². The number of amides is 1. The minimum atomic E-state index is -0.140. The van der Waals surface area contributed by atoms with Crippen LogP contribution in [0.5, 0.6) is 0 Å². The first-order chi connectivity index (χ1) is 11.0. The van der Waals surface area contributed by atoms with Crippen molar-refractivity contribution in [3.05, 3.63) is 36.2 Å². The van der Waals surface area contributed by atoms with E-state index in [4.69, 9.17) is 5.73 Å². The lowest BCUT2D eigenvalue weighted by molar-refractivity contribution is 0.0955. The predicted octanol–water partition coefficient (Wildman–Crippen LogP) is 1.12. The van der Waals surface area contributed by atoms with Crippen molar-refractivity contribution in [1.82, 2.24) is 20.3 Å². The molecule has 0 bridgehead atoms. The first-order valence-corrected chi connectivity index (χ1v) is 7.38. The van der Waals surface area contributed by atoms with E-state index in [2.05, 4.69) is 30.9 Å². The van der Waals surface area contributed by atoms with Gasteiger partial charge < -0.3 is 21.7 Å². The van der Waals surface area contributed by atoms with Crippen LogP contribution in [0.2, 0.25) is 0 Å². The summed E-state index contributed by atoms with van der Waals surface area (Å²) in [6.45, 7) is 5.01. The molecule has 122 valence electrons. The Hall–Kier alpha value is -2.90. The largest absolute Gasteiger partial charge is 0.368 e. The van der Waals surface area contributed by atoms with Gasteiger partial charge >= 0.3 is 0 Å². The number of nitrogens with zero attached hydrogens (tertiary/aromatic N) is 3. The first-order valence-electron chi connectivity index (χ1n) is 7.38. The Kier molecular flexibility index (Phi) is 5.67. The molecule has 0 saturated carbocycles. The molecular weight excluding hydrogens is 294 g/mol. The molecule has 8 nitrogen and oxygen atoms in total. The third-order valence-electron chi connectivity index (χ3n) is 2.84. The van der Waals surface area contributed by atoms with E-state index in [1.807, 2.05) is 13.8 Å². The number of anilines is 3. The van der Waals surface area contributed by atoms with Crippen molar-refractivity contribution in [2.24, 2.45) is 0 Å². The molecule has 2 heterocycles. The Morgan fingerprint density at radius 3 is 2.57 bits per heavy atom. The molecule has 0 aliphatic rings. The zero-order valence-electron chi connectivity index (χ0n) is 13.2. The maximum atomic E-state index is 11.9. The number of nitrogen functional groups attached to an aromatic ring is 1. The fraction of sp³-hybridized carbons (Fsp3) is 0.333. The van der Waals surface area contributed by atoms with Crippen molar-refractivity contribution in [2.45, 2.75) is 19.9 Å². The highest BCUT2D eigenvalue weighted by atomic mass is 16.1. The van der Waals surface area contributed by atoms with E-state index >= 15 is 0 Å². The second kappa shape index (κ2) is 7.92. The molecular formula is C15H21N7O. The summed E-state index contributed by atoms with van der Waals surface area (Å²) in [5, 5.41) is 9.09. The summed E-state index contributed by atoms with van der Waals surface area (Å²) in [4.78, 5) is 24.0. The van der Waals surface area contributed by atoms with Crippen LogP contribution in [0.4, 0.5) is 17.6 Å². The smallest absolute Gasteiger partial charge is 0.251 e. The van der Waals surface area contributed by atoms with Gasteiger partial charge in [0.2, 0.25) is 5.95 Å². The van der Waals surface area contributed by atoms with Crippen LogP contribution < -0.4 is 21.7 Å². The van der Waals surface area contributed by atoms with Crippen LogP contribution in [-0.2, 0) is 0 Å². The molecule has 2 rings (SSSR count). The second-order valence-electron chi connectivity index (χ2n) is 5.21.